The fraction of sp³-hybridized carbons (Fsp3) is 0.0833. The Morgan fingerprint density at radius 3 is 1.41 bits per heavy atom. The molecule has 0 aromatic heterocycles. The van der Waals surface area contributed by atoms with Crippen molar-refractivity contribution in [1.29, 1.82) is 0 Å². The molecule has 0 bridgehead atoms. The van der Waals surface area contributed by atoms with Gasteiger partial charge in [-0.3, -0.25) is 9.59 Å². The molecule has 0 atom stereocenters. The highest BCUT2D eigenvalue weighted by Gasteiger charge is 2.32. The Balaban J connectivity index is 2.18. The highest BCUT2D eigenvalue weighted by atomic mass is 16.5. The van der Waals surface area contributed by atoms with Crippen LogP contribution in [0.2, 0.25) is 0 Å². The molecule has 3 rings (SSSR count). The van der Waals surface area contributed by atoms with E-state index < -0.39 is 34.1 Å². The van der Waals surface area contributed by atoms with Crippen LogP contribution >= 0.6 is 0 Å². The van der Waals surface area contributed by atoms with E-state index in [1.807, 2.05) is 0 Å². The van der Waals surface area contributed by atoms with Gasteiger partial charge >= 0.3 is 0 Å². The minimum absolute atomic E-state index is 0.418. The Kier molecular flexibility index (Phi) is 7.36. The van der Waals surface area contributed by atoms with E-state index in [1.54, 1.807) is 48.5 Å². The topological polar surface area (TPSA) is 150 Å². The number of allylic oxidation sites excluding steroid dienone is 2. The maximum atomic E-state index is 13.1. The maximum Gasteiger partial charge on any atom is 0.205 e. The van der Waals surface area contributed by atoms with E-state index >= 15 is 0 Å². The monoisotopic (exact) mass is 450 g/mol. The molecule has 34 heavy (non-hydrogen) atoms. The lowest BCUT2D eigenvalue weighted by atomic mass is 9.91. The Morgan fingerprint density at radius 1 is 0.676 bits per heavy atom. The van der Waals surface area contributed by atoms with Crippen molar-refractivity contribution >= 4 is 11.6 Å². The number of benzene rings is 2. The predicted octanol–water partition coefficient (Wildman–Crippen LogP) is 4.39. The van der Waals surface area contributed by atoms with Gasteiger partial charge in [0.05, 0.1) is 36.5 Å². The molecular weight excluding hydrogens is 436 g/mol. The number of ether oxygens (including phenoxy) is 2. The number of ketones is 2. The van der Waals surface area contributed by atoms with Crippen LogP contribution in [0.15, 0.2) is 81.3 Å². The molecule has 0 N–H and O–H groups in total. The number of methoxy groups -OCH3 is 2. The molecule has 0 heterocycles. The number of nitrogens with zero attached hydrogens (tertiary/aromatic N) is 6. The molecule has 164 valence electrons. The molecule has 0 radical (unpaired) electrons. The second-order valence-electron chi connectivity index (χ2n) is 6.38. The number of hydrogen-bond acceptors (Lipinski definition) is 6. The zero-order chi connectivity index (χ0) is 24.5. The number of para-hydroxylation sites is 2. The number of carbonyl (C=O) groups is 2. The first-order valence-electron chi connectivity index (χ1n) is 9.53. The summed E-state index contributed by atoms with van der Waals surface area (Å²) in [5.74, 6) is 9.64. The lowest BCUT2D eigenvalue weighted by Gasteiger charge is -2.13. The molecule has 2 aromatic carbocycles. The lowest BCUT2D eigenvalue weighted by molar-refractivity contribution is -0.116. The van der Waals surface area contributed by atoms with Crippen LogP contribution in [-0.4, -0.2) is 25.8 Å². The van der Waals surface area contributed by atoms with Crippen molar-refractivity contribution in [3.8, 4) is 35.2 Å². The summed E-state index contributed by atoms with van der Waals surface area (Å²) in [7, 11) is 2.91. The highest BCUT2D eigenvalue weighted by Crippen LogP contribution is 2.27. The third-order valence-electron chi connectivity index (χ3n) is 4.51. The summed E-state index contributed by atoms with van der Waals surface area (Å²) in [4.78, 5) is 31.5. The van der Waals surface area contributed by atoms with Gasteiger partial charge in [0.15, 0.2) is 0 Å². The molecule has 0 unspecified atom stereocenters. The summed E-state index contributed by atoms with van der Waals surface area (Å²) < 4.78 is 10.4. The molecule has 0 amide bonds. The fourth-order valence-electron chi connectivity index (χ4n) is 2.95. The molecule has 0 aliphatic heterocycles. The van der Waals surface area contributed by atoms with Crippen molar-refractivity contribution in [2.45, 2.75) is 0 Å². The summed E-state index contributed by atoms with van der Waals surface area (Å²) in [6.45, 7) is 0. The number of rotatable bonds is 4. The van der Waals surface area contributed by atoms with Crippen molar-refractivity contribution in [3.63, 3.8) is 0 Å². The van der Waals surface area contributed by atoms with Gasteiger partial charge in [-0.25, -0.2) is 0 Å². The van der Waals surface area contributed by atoms with Crippen LogP contribution in [0.1, 0.15) is 11.1 Å². The summed E-state index contributed by atoms with van der Waals surface area (Å²) in [5.41, 5.74) is 16.9. The Hall–Kier alpha value is -5.40. The summed E-state index contributed by atoms with van der Waals surface area (Å²) >= 11 is 0. The molecule has 0 saturated heterocycles. The first-order valence-corrected chi connectivity index (χ1v) is 9.53. The molecule has 0 spiro atoms. The highest BCUT2D eigenvalue weighted by molar-refractivity contribution is 6.28. The smallest absolute Gasteiger partial charge is 0.205 e. The van der Waals surface area contributed by atoms with Crippen molar-refractivity contribution in [3.05, 3.63) is 103 Å². The molecule has 10 nitrogen and oxygen atoms in total. The number of azide groups is 2. The molecule has 0 saturated carbocycles. The molecule has 2 aromatic rings. The third kappa shape index (κ3) is 4.75. The van der Waals surface area contributed by atoms with E-state index in [4.69, 9.17) is 20.5 Å². The van der Waals surface area contributed by atoms with Crippen LogP contribution in [0.3, 0.4) is 0 Å². The van der Waals surface area contributed by atoms with E-state index in [2.05, 4.69) is 43.7 Å². The van der Waals surface area contributed by atoms with Crippen molar-refractivity contribution in [1.82, 2.24) is 0 Å². The second-order valence-corrected chi connectivity index (χ2v) is 6.38. The van der Waals surface area contributed by atoms with Gasteiger partial charge < -0.3 is 9.47 Å². The Morgan fingerprint density at radius 2 is 1.06 bits per heavy atom. The second kappa shape index (κ2) is 10.8. The molecule has 10 heteroatoms. The normalized spacial score (nSPS) is 12.4. The Labute approximate surface area is 193 Å². The largest absolute Gasteiger partial charge is 0.495 e. The summed E-state index contributed by atoms with van der Waals surface area (Å²) in [6, 6.07) is 13.5. The number of hydrogen-bond donors (Lipinski definition) is 0. The Bertz CT molecular complexity index is 1370. The van der Waals surface area contributed by atoms with E-state index in [0.29, 0.717) is 22.6 Å². The van der Waals surface area contributed by atoms with Gasteiger partial charge in [-0.05, 0) is 35.3 Å². The van der Waals surface area contributed by atoms with Gasteiger partial charge in [-0.2, -0.15) is 0 Å². The minimum Gasteiger partial charge on any atom is -0.495 e. The van der Waals surface area contributed by atoms with Crippen LogP contribution in [0, 0.1) is 23.7 Å². The van der Waals surface area contributed by atoms with Gasteiger partial charge in [0.25, 0.3) is 0 Å². The van der Waals surface area contributed by atoms with E-state index in [0.717, 1.165) is 0 Å². The fourth-order valence-corrected chi connectivity index (χ4v) is 2.95. The van der Waals surface area contributed by atoms with E-state index in [9.17, 15) is 9.59 Å². The standard InChI is InChI=1S/C24H14N6O4/c1-33-19-9-5-3-7-15(19)11-13-17-21(27-29-25)24(32)18(22(23(17)31)28-30-26)14-12-16-8-4-6-10-20(16)34-2/h3-10H,1-2H3. The van der Waals surface area contributed by atoms with Crippen LogP contribution in [0.4, 0.5) is 0 Å². The SMILES string of the molecule is COc1ccccc1C#CC1=C(N=[N+]=[N-])C(=O)C(C#Cc2ccccc2OC)=C(N=[N+]=[N-])C1=O. The van der Waals surface area contributed by atoms with Crippen LogP contribution < -0.4 is 9.47 Å². The molecular formula is C24H14N6O4. The molecule has 0 fully saturated rings. The van der Waals surface area contributed by atoms with Crippen LogP contribution in [0.25, 0.3) is 20.9 Å². The van der Waals surface area contributed by atoms with Gasteiger partial charge in [0.2, 0.25) is 11.6 Å². The summed E-state index contributed by atoms with van der Waals surface area (Å²) in [6.07, 6.45) is 0. The van der Waals surface area contributed by atoms with Gasteiger partial charge in [-0.1, -0.05) is 58.2 Å². The quantitative estimate of drug-likeness (QED) is 0.223. The van der Waals surface area contributed by atoms with Gasteiger partial charge in [0, 0.05) is 9.82 Å². The average molecular weight is 450 g/mol. The summed E-state index contributed by atoms with van der Waals surface area (Å²) in [5, 5.41) is 6.76. The van der Waals surface area contributed by atoms with Crippen LogP contribution in [-0.2, 0) is 9.59 Å². The van der Waals surface area contributed by atoms with Crippen LogP contribution in [0.5, 0.6) is 11.5 Å². The van der Waals surface area contributed by atoms with Gasteiger partial charge in [0.1, 0.15) is 22.9 Å². The third-order valence-corrected chi connectivity index (χ3v) is 4.51. The van der Waals surface area contributed by atoms with Crippen molar-refractivity contribution in [2.24, 2.45) is 10.2 Å². The average Bonchev–Trinajstić information content (AvgIpc) is 2.87. The zero-order valence-corrected chi connectivity index (χ0v) is 17.9. The van der Waals surface area contributed by atoms with Gasteiger partial charge in [-0.15, -0.1) is 0 Å². The maximum absolute atomic E-state index is 13.1. The lowest BCUT2D eigenvalue weighted by Crippen LogP contribution is -2.21. The number of carbonyl (C=O) groups excluding carboxylic acids is 2. The first-order chi connectivity index (χ1) is 16.5. The number of Topliss-reactive ketones (excluding diaryl/α,β-unsaturated/α-hetero) is 2. The molecule has 1 aliphatic carbocycles. The molecule has 1 aliphatic rings. The minimum atomic E-state index is -0.897. The predicted molar refractivity (Wildman–Crippen MR) is 122 cm³/mol. The first kappa shape index (κ1) is 23.3. The van der Waals surface area contributed by atoms with E-state index in [1.165, 1.54) is 14.2 Å². The zero-order valence-electron chi connectivity index (χ0n) is 17.9. The van der Waals surface area contributed by atoms with Crippen molar-refractivity contribution in [2.75, 3.05) is 14.2 Å². The van der Waals surface area contributed by atoms with E-state index in [-0.39, 0.29) is 0 Å². The van der Waals surface area contributed by atoms with Crippen molar-refractivity contribution < 1.29 is 19.1 Å².